The van der Waals surface area contributed by atoms with E-state index in [9.17, 15) is 31.9 Å². The van der Waals surface area contributed by atoms with Crippen LogP contribution in [0.4, 0.5) is 23.2 Å². The molecule has 2 amide bonds. The third kappa shape index (κ3) is 5.36. The summed E-state index contributed by atoms with van der Waals surface area (Å²) in [4.78, 5) is 36.2. The first-order chi connectivity index (χ1) is 16.8. The Hall–Kier alpha value is -4.25. The van der Waals surface area contributed by atoms with Gasteiger partial charge < -0.3 is 15.8 Å². The largest absolute Gasteiger partial charge is 0.465 e. The number of amides is 2. The normalized spacial score (nSPS) is 11.1. The van der Waals surface area contributed by atoms with Crippen molar-refractivity contribution >= 4 is 40.8 Å². The van der Waals surface area contributed by atoms with Crippen molar-refractivity contribution in [1.29, 1.82) is 5.41 Å². The van der Waals surface area contributed by atoms with Crippen molar-refractivity contribution in [2.75, 3.05) is 12.4 Å². The molecule has 3 aromatic rings. The number of primary amides is 1. The second-order valence-electron chi connectivity index (χ2n) is 7.30. The van der Waals surface area contributed by atoms with Gasteiger partial charge in [0.2, 0.25) is 5.91 Å². The van der Waals surface area contributed by atoms with E-state index in [-0.39, 0.29) is 27.9 Å². The number of methoxy groups -OCH3 is 1. The predicted molar refractivity (Wildman–Crippen MR) is 123 cm³/mol. The molecule has 0 aliphatic heterocycles. The highest BCUT2D eigenvalue weighted by Gasteiger charge is 2.36. The van der Waals surface area contributed by atoms with Crippen LogP contribution in [-0.4, -0.2) is 30.6 Å². The van der Waals surface area contributed by atoms with Crippen LogP contribution < -0.4 is 11.1 Å². The molecule has 0 unspecified atom stereocenters. The molecule has 0 bridgehead atoms. The molecule has 7 nitrogen and oxygen atoms in total. The number of alkyl halides is 3. The first-order valence-corrected chi connectivity index (χ1v) is 10.3. The molecule has 186 valence electrons. The van der Waals surface area contributed by atoms with Crippen LogP contribution in [0.3, 0.4) is 0 Å². The van der Waals surface area contributed by atoms with Gasteiger partial charge in [0, 0.05) is 16.7 Å². The van der Waals surface area contributed by atoms with Crippen molar-refractivity contribution < 1.29 is 36.7 Å². The Morgan fingerprint density at radius 2 is 1.64 bits per heavy atom. The topological polar surface area (TPSA) is 122 Å². The molecule has 36 heavy (non-hydrogen) atoms. The molecule has 4 N–H and O–H groups in total. The second-order valence-corrected chi connectivity index (χ2v) is 7.71. The number of esters is 1. The lowest BCUT2D eigenvalue weighted by Crippen LogP contribution is -2.21. The quantitative estimate of drug-likeness (QED) is 0.238. The zero-order valence-electron chi connectivity index (χ0n) is 18.3. The summed E-state index contributed by atoms with van der Waals surface area (Å²) in [6.07, 6.45) is -4.91. The van der Waals surface area contributed by atoms with Gasteiger partial charge in [0.15, 0.2) is 0 Å². The number of hydrogen-bond acceptors (Lipinski definition) is 5. The van der Waals surface area contributed by atoms with E-state index in [2.05, 4.69) is 10.1 Å². The Bertz CT molecular complexity index is 1410. The van der Waals surface area contributed by atoms with Gasteiger partial charge in [-0.2, -0.15) is 13.2 Å². The summed E-state index contributed by atoms with van der Waals surface area (Å²) in [5.41, 5.74) is 1.55. The molecule has 0 aliphatic rings. The number of benzene rings is 3. The smallest absolute Gasteiger partial charge is 0.417 e. The van der Waals surface area contributed by atoms with Crippen molar-refractivity contribution in [3.63, 3.8) is 0 Å². The van der Waals surface area contributed by atoms with Crippen molar-refractivity contribution in [1.82, 2.24) is 0 Å². The van der Waals surface area contributed by atoms with Crippen LogP contribution in [0.15, 0.2) is 54.6 Å². The molecule has 0 atom stereocenters. The van der Waals surface area contributed by atoms with Gasteiger partial charge in [0.25, 0.3) is 5.91 Å². The third-order valence-corrected chi connectivity index (χ3v) is 5.34. The highest BCUT2D eigenvalue weighted by Crippen LogP contribution is 2.35. The molecule has 0 saturated carbocycles. The zero-order chi connectivity index (χ0) is 26.8. The van der Waals surface area contributed by atoms with Gasteiger partial charge in [-0.1, -0.05) is 17.7 Å². The first kappa shape index (κ1) is 26.4. The number of carbonyl (C=O) groups is 3. The van der Waals surface area contributed by atoms with Crippen molar-refractivity contribution in [2.24, 2.45) is 5.73 Å². The molecule has 3 aromatic carbocycles. The molecule has 0 aliphatic carbocycles. The summed E-state index contributed by atoms with van der Waals surface area (Å²) in [6, 6.07) is 9.34. The predicted octanol–water partition coefficient (Wildman–Crippen LogP) is 5.05. The molecule has 0 radical (unpaired) electrons. The average molecular weight is 522 g/mol. The maximum Gasteiger partial charge on any atom is 0.417 e. The Morgan fingerprint density at radius 3 is 2.22 bits per heavy atom. The van der Waals surface area contributed by atoms with Crippen LogP contribution in [0.2, 0.25) is 5.02 Å². The summed E-state index contributed by atoms with van der Waals surface area (Å²) in [5.74, 6) is -4.01. The van der Waals surface area contributed by atoms with Gasteiger partial charge in [-0.05, 0) is 48.5 Å². The SMILES string of the molecule is COC(=O)c1ccc(C(=N)c2ccc(C(N)=O)cc2NC(=O)c2c(Cl)cccc2C(F)(F)F)c(F)c1. The molecule has 12 heteroatoms. The van der Waals surface area contributed by atoms with E-state index in [1.165, 1.54) is 18.2 Å². The molecular weight excluding hydrogens is 506 g/mol. The summed E-state index contributed by atoms with van der Waals surface area (Å²) in [5, 5.41) is 10.2. The molecule has 0 spiro atoms. The Balaban J connectivity index is 2.10. The fraction of sp³-hybridized carbons (Fsp3) is 0.0833. The minimum atomic E-state index is -4.91. The van der Waals surface area contributed by atoms with E-state index in [0.717, 1.165) is 37.4 Å². The lowest BCUT2D eigenvalue weighted by molar-refractivity contribution is -0.137. The van der Waals surface area contributed by atoms with Crippen LogP contribution in [0, 0.1) is 11.2 Å². The number of ether oxygens (including phenoxy) is 1. The van der Waals surface area contributed by atoms with E-state index in [0.29, 0.717) is 6.07 Å². The zero-order valence-corrected chi connectivity index (χ0v) is 19.1. The highest BCUT2D eigenvalue weighted by molar-refractivity contribution is 6.35. The van der Waals surface area contributed by atoms with Crippen molar-refractivity contribution in [3.8, 4) is 0 Å². The van der Waals surface area contributed by atoms with Crippen molar-refractivity contribution in [2.45, 2.75) is 6.18 Å². The van der Waals surface area contributed by atoms with E-state index in [1.807, 2.05) is 0 Å². The van der Waals surface area contributed by atoms with E-state index >= 15 is 0 Å². The fourth-order valence-electron chi connectivity index (χ4n) is 3.30. The number of anilines is 1. The Labute approximate surface area is 206 Å². The molecule has 0 heterocycles. The number of halogens is 5. The van der Waals surface area contributed by atoms with E-state index in [1.54, 1.807) is 0 Å². The van der Waals surface area contributed by atoms with Crippen LogP contribution in [0.5, 0.6) is 0 Å². The Morgan fingerprint density at radius 1 is 1.00 bits per heavy atom. The molecule has 3 rings (SSSR count). The van der Waals surface area contributed by atoms with Gasteiger partial charge in [-0.15, -0.1) is 0 Å². The van der Waals surface area contributed by atoms with Gasteiger partial charge in [0.05, 0.1) is 40.2 Å². The van der Waals surface area contributed by atoms with E-state index < -0.39 is 51.6 Å². The fourth-order valence-corrected chi connectivity index (χ4v) is 3.56. The molecule has 0 saturated heterocycles. The Kier molecular flexibility index (Phi) is 7.44. The summed E-state index contributed by atoms with van der Waals surface area (Å²) in [7, 11) is 1.11. The third-order valence-electron chi connectivity index (χ3n) is 5.03. The number of hydrogen-bond donors (Lipinski definition) is 3. The number of nitrogens with two attached hydrogens (primary N) is 1. The van der Waals surface area contributed by atoms with Crippen LogP contribution in [-0.2, 0) is 10.9 Å². The molecule has 0 fully saturated rings. The summed E-state index contributed by atoms with van der Waals surface area (Å²) < 4.78 is 59.7. The maximum absolute atomic E-state index is 14.7. The molecular formula is C24H16ClF4N3O4. The van der Waals surface area contributed by atoms with Crippen LogP contribution in [0.25, 0.3) is 0 Å². The van der Waals surface area contributed by atoms with Crippen molar-refractivity contribution in [3.05, 3.63) is 98.8 Å². The lowest BCUT2D eigenvalue weighted by atomic mass is 9.97. The summed E-state index contributed by atoms with van der Waals surface area (Å²) >= 11 is 5.89. The standard InChI is InChI=1S/C24H16ClF4N3O4/c1-36-23(35)12-6-7-13(17(26)9-12)20(30)14-8-5-11(21(31)33)10-18(14)32-22(34)19-15(24(27,28)29)3-2-4-16(19)25/h2-10,30H,1H3,(H2,31,33)(H,32,34). The number of nitrogens with one attached hydrogen (secondary N) is 2. The monoisotopic (exact) mass is 521 g/mol. The minimum absolute atomic E-state index is 0.123. The van der Waals surface area contributed by atoms with E-state index in [4.69, 9.17) is 22.7 Å². The average Bonchev–Trinajstić information content (AvgIpc) is 2.82. The van der Waals surface area contributed by atoms with Gasteiger partial charge in [-0.25, -0.2) is 9.18 Å². The number of rotatable bonds is 6. The maximum atomic E-state index is 14.7. The van der Waals surface area contributed by atoms with Gasteiger partial charge in [0.1, 0.15) is 5.82 Å². The van der Waals surface area contributed by atoms with Gasteiger partial charge >= 0.3 is 12.1 Å². The number of carbonyl (C=O) groups excluding carboxylic acids is 3. The van der Waals surface area contributed by atoms with Crippen LogP contribution in [0.1, 0.15) is 47.8 Å². The lowest BCUT2D eigenvalue weighted by Gasteiger charge is -2.17. The second kappa shape index (κ2) is 10.2. The first-order valence-electron chi connectivity index (χ1n) is 9.93. The van der Waals surface area contributed by atoms with Gasteiger partial charge in [-0.3, -0.25) is 15.0 Å². The van der Waals surface area contributed by atoms with Crippen LogP contribution >= 0.6 is 11.6 Å². The molecule has 0 aromatic heterocycles. The summed E-state index contributed by atoms with van der Waals surface area (Å²) in [6.45, 7) is 0. The highest BCUT2D eigenvalue weighted by atomic mass is 35.5. The minimum Gasteiger partial charge on any atom is -0.465 e.